The minimum Gasteiger partial charge on any atom is -0.352 e. The molecule has 0 aliphatic carbocycles. The number of rotatable bonds is 5. The predicted octanol–water partition coefficient (Wildman–Crippen LogP) is 2.52. The maximum absolute atomic E-state index is 12.4. The summed E-state index contributed by atoms with van der Waals surface area (Å²) in [6, 6.07) is 9.95. The summed E-state index contributed by atoms with van der Waals surface area (Å²) in [4.78, 5) is 23.8. The highest BCUT2D eigenvalue weighted by Crippen LogP contribution is 2.17. The maximum atomic E-state index is 12.4. The van der Waals surface area contributed by atoms with Crippen LogP contribution in [-0.4, -0.2) is 26.8 Å². The molecule has 0 atom stereocenters. The van der Waals surface area contributed by atoms with Crippen molar-refractivity contribution >= 4 is 33.4 Å². The first kappa shape index (κ1) is 19.0. The Labute approximate surface area is 151 Å². The van der Waals surface area contributed by atoms with Gasteiger partial charge in [0.05, 0.1) is 4.90 Å². The Morgan fingerprint density at radius 1 is 1.04 bits per heavy atom. The molecule has 0 spiro atoms. The zero-order chi connectivity index (χ0) is 18.6. The van der Waals surface area contributed by atoms with Gasteiger partial charge in [0, 0.05) is 22.7 Å². The van der Waals surface area contributed by atoms with Crippen molar-refractivity contribution < 1.29 is 18.0 Å². The molecule has 0 aliphatic heterocycles. The van der Waals surface area contributed by atoms with Crippen LogP contribution in [0.2, 0.25) is 5.02 Å². The van der Waals surface area contributed by atoms with E-state index in [4.69, 9.17) is 11.6 Å². The van der Waals surface area contributed by atoms with E-state index in [1.54, 1.807) is 26.0 Å². The van der Waals surface area contributed by atoms with Gasteiger partial charge in [-0.2, -0.15) is 0 Å². The SMILES string of the molecule is CCNC(=O)c1ccc(S(=O)(=O)NC(=O)c2cc(Cl)ccc2C)cc1. The number of hydrogen-bond donors (Lipinski definition) is 2. The minimum absolute atomic E-state index is 0.117. The zero-order valence-electron chi connectivity index (χ0n) is 13.7. The molecule has 0 aliphatic rings. The van der Waals surface area contributed by atoms with Crippen LogP contribution in [0.4, 0.5) is 0 Å². The molecular formula is C17H17ClN2O4S. The summed E-state index contributed by atoms with van der Waals surface area (Å²) >= 11 is 5.85. The number of halogens is 1. The van der Waals surface area contributed by atoms with Crippen LogP contribution in [0.3, 0.4) is 0 Å². The molecule has 0 fully saturated rings. The molecule has 2 aromatic carbocycles. The van der Waals surface area contributed by atoms with Crippen LogP contribution in [0.15, 0.2) is 47.4 Å². The lowest BCUT2D eigenvalue weighted by Crippen LogP contribution is -2.31. The molecule has 25 heavy (non-hydrogen) atoms. The van der Waals surface area contributed by atoms with Gasteiger partial charge in [0.25, 0.3) is 21.8 Å². The Morgan fingerprint density at radius 2 is 1.68 bits per heavy atom. The second-order valence-electron chi connectivity index (χ2n) is 5.28. The van der Waals surface area contributed by atoms with Crippen molar-refractivity contribution in [3.05, 3.63) is 64.2 Å². The topological polar surface area (TPSA) is 92.3 Å². The number of nitrogens with one attached hydrogen (secondary N) is 2. The smallest absolute Gasteiger partial charge is 0.265 e. The number of hydrogen-bond acceptors (Lipinski definition) is 4. The molecular weight excluding hydrogens is 364 g/mol. The molecule has 0 aromatic heterocycles. The second-order valence-corrected chi connectivity index (χ2v) is 7.40. The molecule has 2 N–H and O–H groups in total. The van der Waals surface area contributed by atoms with Crippen LogP contribution in [0, 0.1) is 6.92 Å². The summed E-state index contributed by atoms with van der Waals surface area (Å²) in [5.41, 5.74) is 1.11. The maximum Gasteiger partial charge on any atom is 0.265 e. The highest BCUT2D eigenvalue weighted by Gasteiger charge is 2.20. The predicted molar refractivity (Wildman–Crippen MR) is 95.3 cm³/mol. The first-order valence-corrected chi connectivity index (χ1v) is 9.32. The fraction of sp³-hybridized carbons (Fsp3) is 0.176. The van der Waals surface area contributed by atoms with Crippen LogP contribution >= 0.6 is 11.6 Å². The van der Waals surface area contributed by atoms with E-state index in [2.05, 4.69) is 5.32 Å². The molecule has 0 saturated heterocycles. The van der Waals surface area contributed by atoms with Crippen LogP contribution in [-0.2, 0) is 10.0 Å². The standard InChI is InChI=1S/C17H17ClN2O4S/c1-3-19-16(21)12-5-8-14(9-6-12)25(23,24)20-17(22)15-10-13(18)7-4-11(15)2/h4-10H,3H2,1-2H3,(H,19,21)(H,20,22). The normalized spacial score (nSPS) is 11.0. The monoisotopic (exact) mass is 380 g/mol. The van der Waals surface area contributed by atoms with Crippen molar-refractivity contribution in [3.8, 4) is 0 Å². The minimum atomic E-state index is -4.07. The molecule has 0 bridgehead atoms. The average molecular weight is 381 g/mol. The summed E-state index contributed by atoms with van der Waals surface area (Å²) in [6.45, 7) is 3.93. The lowest BCUT2D eigenvalue weighted by atomic mass is 10.1. The van der Waals surface area contributed by atoms with Gasteiger partial charge < -0.3 is 5.32 Å². The molecule has 2 aromatic rings. The Hall–Kier alpha value is -2.38. The molecule has 8 heteroatoms. The van der Waals surface area contributed by atoms with Gasteiger partial charge in [-0.15, -0.1) is 0 Å². The van der Waals surface area contributed by atoms with Crippen LogP contribution in [0.1, 0.15) is 33.2 Å². The second kappa shape index (κ2) is 7.67. The van der Waals surface area contributed by atoms with Gasteiger partial charge in [-0.05, 0) is 55.8 Å². The van der Waals surface area contributed by atoms with Gasteiger partial charge in [0.2, 0.25) is 0 Å². The van der Waals surface area contributed by atoms with Gasteiger partial charge in [-0.25, -0.2) is 13.1 Å². The molecule has 0 heterocycles. The van der Waals surface area contributed by atoms with E-state index in [9.17, 15) is 18.0 Å². The number of amides is 2. The van der Waals surface area contributed by atoms with Gasteiger partial charge >= 0.3 is 0 Å². The fourth-order valence-electron chi connectivity index (χ4n) is 2.12. The van der Waals surface area contributed by atoms with Crippen molar-refractivity contribution in [2.24, 2.45) is 0 Å². The zero-order valence-corrected chi connectivity index (χ0v) is 15.2. The van der Waals surface area contributed by atoms with Crippen molar-refractivity contribution in [1.82, 2.24) is 10.0 Å². The summed E-state index contributed by atoms with van der Waals surface area (Å²) in [7, 11) is -4.07. The van der Waals surface area contributed by atoms with Crippen molar-refractivity contribution in [2.45, 2.75) is 18.7 Å². The molecule has 0 radical (unpaired) electrons. The first-order chi connectivity index (χ1) is 11.7. The summed E-state index contributed by atoms with van der Waals surface area (Å²) < 4.78 is 26.7. The van der Waals surface area contributed by atoms with E-state index in [0.29, 0.717) is 22.7 Å². The molecule has 2 rings (SSSR count). The summed E-state index contributed by atoms with van der Waals surface area (Å²) in [5.74, 6) is -1.07. The highest BCUT2D eigenvalue weighted by atomic mass is 35.5. The number of aryl methyl sites for hydroxylation is 1. The number of carbonyl (C=O) groups excluding carboxylic acids is 2. The van der Waals surface area contributed by atoms with Crippen LogP contribution in [0.5, 0.6) is 0 Å². The molecule has 2 amide bonds. The molecule has 6 nitrogen and oxygen atoms in total. The van der Waals surface area contributed by atoms with E-state index < -0.39 is 15.9 Å². The van der Waals surface area contributed by atoms with Crippen LogP contribution < -0.4 is 10.0 Å². The van der Waals surface area contributed by atoms with Gasteiger partial charge in [0.1, 0.15) is 0 Å². The van der Waals surface area contributed by atoms with E-state index in [1.165, 1.54) is 30.3 Å². The Morgan fingerprint density at radius 3 is 2.28 bits per heavy atom. The Bertz CT molecular complexity index is 909. The summed E-state index contributed by atoms with van der Waals surface area (Å²) in [5, 5.41) is 2.95. The lowest BCUT2D eigenvalue weighted by molar-refractivity contribution is 0.0952. The van der Waals surface area contributed by atoms with E-state index in [1.807, 2.05) is 4.72 Å². The van der Waals surface area contributed by atoms with E-state index >= 15 is 0 Å². The largest absolute Gasteiger partial charge is 0.352 e. The first-order valence-electron chi connectivity index (χ1n) is 7.46. The number of benzene rings is 2. The lowest BCUT2D eigenvalue weighted by Gasteiger charge is -2.10. The Balaban J connectivity index is 2.22. The van der Waals surface area contributed by atoms with E-state index in [-0.39, 0.29) is 16.4 Å². The average Bonchev–Trinajstić information content (AvgIpc) is 2.57. The molecule has 132 valence electrons. The van der Waals surface area contributed by atoms with Crippen LogP contribution in [0.25, 0.3) is 0 Å². The van der Waals surface area contributed by atoms with Crippen molar-refractivity contribution in [2.75, 3.05) is 6.54 Å². The quantitative estimate of drug-likeness (QED) is 0.833. The third-order valence-corrected chi connectivity index (χ3v) is 5.02. The van der Waals surface area contributed by atoms with Crippen molar-refractivity contribution in [1.29, 1.82) is 0 Å². The molecule has 0 saturated carbocycles. The fourth-order valence-corrected chi connectivity index (χ4v) is 3.26. The van der Waals surface area contributed by atoms with Gasteiger partial charge in [-0.3, -0.25) is 9.59 Å². The van der Waals surface area contributed by atoms with Gasteiger partial charge in [-0.1, -0.05) is 17.7 Å². The van der Waals surface area contributed by atoms with E-state index in [0.717, 1.165) is 0 Å². The number of carbonyl (C=O) groups is 2. The third kappa shape index (κ3) is 4.58. The highest BCUT2D eigenvalue weighted by molar-refractivity contribution is 7.90. The third-order valence-electron chi connectivity index (χ3n) is 3.44. The Kier molecular flexibility index (Phi) is 5.81. The number of sulfonamides is 1. The van der Waals surface area contributed by atoms with Crippen molar-refractivity contribution in [3.63, 3.8) is 0 Å². The summed E-state index contributed by atoms with van der Waals surface area (Å²) in [6.07, 6.45) is 0. The molecule has 0 unspecified atom stereocenters. The van der Waals surface area contributed by atoms with Gasteiger partial charge in [0.15, 0.2) is 0 Å².